The molecular formula is C15H25BrN2O2S. The summed E-state index contributed by atoms with van der Waals surface area (Å²) in [5, 5.41) is 3.05. The van der Waals surface area contributed by atoms with Crippen molar-refractivity contribution in [2.75, 3.05) is 7.05 Å². The number of halogens is 1. The normalized spacial score (nSPS) is 12.7. The topological polar surface area (TPSA) is 58.2 Å². The lowest BCUT2D eigenvalue weighted by molar-refractivity contribution is 0.388. The molecule has 2 N–H and O–H groups in total. The third kappa shape index (κ3) is 4.52. The molecule has 0 aliphatic carbocycles. The van der Waals surface area contributed by atoms with Crippen molar-refractivity contribution < 1.29 is 8.42 Å². The van der Waals surface area contributed by atoms with Crippen LogP contribution in [0.5, 0.6) is 0 Å². The highest BCUT2D eigenvalue weighted by molar-refractivity contribution is 9.10. The first-order chi connectivity index (χ1) is 9.69. The van der Waals surface area contributed by atoms with E-state index < -0.39 is 15.6 Å². The fourth-order valence-electron chi connectivity index (χ4n) is 2.08. The van der Waals surface area contributed by atoms with Crippen LogP contribution < -0.4 is 10.0 Å². The average molecular weight is 377 g/mol. The summed E-state index contributed by atoms with van der Waals surface area (Å²) < 4.78 is 28.9. The van der Waals surface area contributed by atoms with Gasteiger partial charge in [-0.1, -0.05) is 19.9 Å². The fourth-order valence-corrected chi connectivity index (χ4v) is 4.70. The van der Waals surface area contributed by atoms with Crippen LogP contribution >= 0.6 is 15.9 Å². The minimum absolute atomic E-state index is 0.306. The maximum absolute atomic E-state index is 12.7. The van der Waals surface area contributed by atoms with Crippen LogP contribution in [0, 0.1) is 6.92 Å². The second-order valence-corrected chi connectivity index (χ2v) is 8.07. The summed E-state index contributed by atoms with van der Waals surface area (Å²) in [6, 6.07) is 3.71. The van der Waals surface area contributed by atoms with E-state index in [2.05, 4.69) is 26.0 Å². The van der Waals surface area contributed by atoms with Gasteiger partial charge in [-0.25, -0.2) is 13.1 Å². The van der Waals surface area contributed by atoms with Crippen LogP contribution in [0.4, 0.5) is 0 Å². The van der Waals surface area contributed by atoms with Crippen molar-refractivity contribution >= 4 is 26.0 Å². The highest BCUT2D eigenvalue weighted by atomic mass is 79.9. The minimum Gasteiger partial charge on any atom is -0.316 e. The SMILES string of the molecule is CCC(C)(CC)NS(=O)(=O)c1cc(CNC)cc(C)c1Br. The molecule has 21 heavy (non-hydrogen) atoms. The van der Waals surface area contributed by atoms with Crippen LogP contribution in [0.15, 0.2) is 21.5 Å². The Hall–Kier alpha value is -0.430. The Morgan fingerprint density at radius 3 is 2.29 bits per heavy atom. The average Bonchev–Trinajstić information content (AvgIpc) is 2.42. The summed E-state index contributed by atoms with van der Waals surface area (Å²) in [5.74, 6) is 0. The Morgan fingerprint density at radius 1 is 1.24 bits per heavy atom. The number of rotatable bonds is 7. The van der Waals surface area contributed by atoms with Gasteiger partial charge in [0.05, 0.1) is 4.90 Å². The van der Waals surface area contributed by atoms with E-state index in [0.717, 1.165) is 24.0 Å². The molecule has 0 unspecified atom stereocenters. The quantitative estimate of drug-likeness (QED) is 0.766. The second kappa shape index (κ2) is 7.22. The molecular weight excluding hydrogens is 352 g/mol. The van der Waals surface area contributed by atoms with Crippen LogP contribution in [-0.2, 0) is 16.6 Å². The predicted octanol–water partition coefficient (Wildman–Crippen LogP) is 3.33. The fraction of sp³-hybridized carbons (Fsp3) is 0.600. The number of nitrogens with one attached hydrogen (secondary N) is 2. The Labute approximate surface area is 136 Å². The highest BCUT2D eigenvalue weighted by Crippen LogP contribution is 2.29. The first kappa shape index (κ1) is 18.6. The Morgan fingerprint density at radius 2 is 1.81 bits per heavy atom. The van der Waals surface area contributed by atoms with Crippen molar-refractivity contribution in [2.45, 2.75) is 57.5 Å². The Balaban J connectivity index is 3.31. The van der Waals surface area contributed by atoms with E-state index in [-0.39, 0.29) is 0 Å². The predicted molar refractivity (Wildman–Crippen MR) is 91.0 cm³/mol. The standard InChI is InChI=1S/C15H25BrN2O2S/c1-6-15(4,7-2)18-21(19,20)13-9-12(10-17-5)8-11(3)14(13)16/h8-9,17-18H,6-7,10H2,1-5H3. The third-order valence-corrected chi connectivity index (χ3v) is 6.87. The Kier molecular flexibility index (Phi) is 6.40. The van der Waals surface area contributed by atoms with Crippen LogP contribution in [0.25, 0.3) is 0 Å². The van der Waals surface area contributed by atoms with Gasteiger partial charge < -0.3 is 5.32 Å². The summed E-state index contributed by atoms with van der Waals surface area (Å²) in [4.78, 5) is 0.306. The number of aryl methyl sites for hydroxylation is 1. The smallest absolute Gasteiger partial charge is 0.242 e. The molecule has 0 saturated carbocycles. The van der Waals surface area contributed by atoms with Crippen molar-refractivity contribution in [3.63, 3.8) is 0 Å². The molecule has 0 spiro atoms. The molecule has 1 rings (SSSR count). The van der Waals surface area contributed by atoms with Gasteiger partial charge in [0.25, 0.3) is 0 Å². The number of sulfonamides is 1. The zero-order valence-electron chi connectivity index (χ0n) is 13.4. The molecule has 0 atom stereocenters. The van der Waals surface area contributed by atoms with Crippen molar-refractivity contribution in [2.24, 2.45) is 0 Å². The van der Waals surface area contributed by atoms with Gasteiger partial charge in [-0.15, -0.1) is 0 Å². The molecule has 0 aromatic heterocycles. The summed E-state index contributed by atoms with van der Waals surface area (Å²) in [6.07, 6.45) is 1.49. The van der Waals surface area contributed by atoms with Crippen LogP contribution in [0.2, 0.25) is 0 Å². The summed E-state index contributed by atoms with van der Waals surface area (Å²) in [6.45, 7) is 8.45. The van der Waals surface area contributed by atoms with Crippen molar-refractivity contribution in [3.05, 3.63) is 27.7 Å². The number of benzene rings is 1. The molecule has 0 saturated heterocycles. The third-order valence-electron chi connectivity index (χ3n) is 3.89. The van der Waals surface area contributed by atoms with E-state index >= 15 is 0 Å². The van der Waals surface area contributed by atoms with Crippen LogP contribution in [0.1, 0.15) is 44.7 Å². The number of hydrogen-bond acceptors (Lipinski definition) is 3. The summed E-state index contributed by atoms with van der Waals surface area (Å²) >= 11 is 3.41. The van der Waals surface area contributed by atoms with Gasteiger partial charge in [0.1, 0.15) is 0 Å². The molecule has 0 aliphatic heterocycles. The van der Waals surface area contributed by atoms with E-state index in [0.29, 0.717) is 15.9 Å². The zero-order valence-corrected chi connectivity index (χ0v) is 15.8. The van der Waals surface area contributed by atoms with Gasteiger partial charge in [0, 0.05) is 16.6 Å². The van der Waals surface area contributed by atoms with Gasteiger partial charge in [-0.2, -0.15) is 0 Å². The Bertz CT molecular complexity index is 596. The summed E-state index contributed by atoms with van der Waals surface area (Å²) in [5.41, 5.74) is 1.44. The first-order valence-corrected chi connectivity index (χ1v) is 9.44. The van der Waals surface area contributed by atoms with Crippen LogP contribution in [-0.4, -0.2) is 21.0 Å². The lowest BCUT2D eigenvalue weighted by Gasteiger charge is -2.28. The molecule has 0 heterocycles. The molecule has 0 radical (unpaired) electrons. The second-order valence-electron chi connectivity index (χ2n) is 5.63. The van der Waals surface area contributed by atoms with Gasteiger partial charge >= 0.3 is 0 Å². The van der Waals surface area contributed by atoms with Gasteiger partial charge in [0.15, 0.2) is 0 Å². The van der Waals surface area contributed by atoms with Gasteiger partial charge in [-0.05, 0) is 66.9 Å². The van der Waals surface area contributed by atoms with Crippen LogP contribution in [0.3, 0.4) is 0 Å². The van der Waals surface area contributed by atoms with Gasteiger partial charge in [0.2, 0.25) is 10.0 Å². The van der Waals surface area contributed by atoms with Crippen molar-refractivity contribution in [3.8, 4) is 0 Å². The van der Waals surface area contributed by atoms with Crippen molar-refractivity contribution in [1.82, 2.24) is 10.0 Å². The molecule has 120 valence electrons. The minimum atomic E-state index is -3.56. The number of hydrogen-bond donors (Lipinski definition) is 2. The molecule has 4 nitrogen and oxygen atoms in total. The highest BCUT2D eigenvalue weighted by Gasteiger charge is 2.29. The molecule has 0 bridgehead atoms. The largest absolute Gasteiger partial charge is 0.316 e. The van der Waals surface area contributed by atoms with E-state index in [1.807, 2.05) is 40.8 Å². The zero-order chi connectivity index (χ0) is 16.3. The lowest BCUT2D eigenvalue weighted by atomic mass is 9.98. The molecule has 6 heteroatoms. The summed E-state index contributed by atoms with van der Waals surface area (Å²) in [7, 11) is -1.72. The molecule has 0 amide bonds. The molecule has 1 aromatic carbocycles. The molecule has 1 aromatic rings. The molecule has 0 fully saturated rings. The van der Waals surface area contributed by atoms with E-state index in [9.17, 15) is 8.42 Å². The monoisotopic (exact) mass is 376 g/mol. The molecule has 0 aliphatic rings. The first-order valence-electron chi connectivity index (χ1n) is 7.16. The maximum atomic E-state index is 12.7. The van der Waals surface area contributed by atoms with E-state index in [4.69, 9.17) is 0 Å². The maximum Gasteiger partial charge on any atom is 0.242 e. The van der Waals surface area contributed by atoms with Crippen molar-refractivity contribution in [1.29, 1.82) is 0 Å². The van der Waals surface area contributed by atoms with E-state index in [1.165, 1.54) is 0 Å². The lowest BCUT2D eigenvalue weighted by Crippen LogP contribution is -2.44. The van der Waals surface area contributed by atoms with Gasteiger partial charge in [-0.3, -0.25) is 0 Å². The van der Waals surface area contributed by atoms with E-state index in [1.54, 1.807) is 6.07 Å².